The van der Waals surface area contributed by atoms with Gasteiger partial charge in [-0.25, -0.2) is 0 Å². The average molecular weight is 341 g/mol. The molecule has 0 atom stereocenters. The van der Waals surface area contributed by atoms with Crippen LogP contribution in [0.1, 0.15) is 36.0 Å². The Kier molecular flexibility index (Phi) is 5.16. The Morgan fingerprint density at radius 1 is 1.04 bits per heavy atom. The summed E-state index contributed by atoms with van der Waals surface area (Å²) in [7, 11) is 0. The number of carbonyl (C=O) groups excluding carboxylic acids is 3. The van der Waals surface area contributed by atoms with Crippen LogP contribution in [-0.4, -0.2) is 41.8 Å². The number of carbonyl (C=O) groups is 3. The Hall–Kier alpha value is -2.63. The van der Waals surface area contributed by atoms with Crippen LogP contribution in [0.15, 0.2) is 36.9 Å². The summed E-state index contributed by atoms with van der Waals surface area (Å²) in [5.41, 5.74) is 1.22. The van der Waals surface area contributed by atoms with Crippen molar-refractivity contribution in [3.63, 3.8) is 0 Å². The van der Waals surface area contributed by atoms with Gasteiger partial charge in [-0.3, -0.25) is 14.4 Å². The second-order valence-electron chi connectivity index (χ2n) is 6.62. The van der Waals surface area contributed by atoms with Crippen molar-refractivity contribution in [1.82, 2.24) is 10.2 Å². The summed E-state index contributed by atoms with van der Waals surface area (Å²) in [6.07, 6.45) is 4.79. The van der Waals surface area contributed by atoms with Gasteiger partial charge in [-0.15, -0.1) is 0 Å². The van der Waals surface area contributed by atoms with Crippen molar-refractivity contribution in [2.45, 2.75) is 31.7 Å². The fourth-order valence-electron chi connectivity index (χ4n) is 2.96. The third-order valence-corrected chi connectivity index (χ3v) is 4.66. The first-order valence-corrected chi connectivity index (χ1v) is 8.70. The maximum absolute atomic E-state index is 12.6. The topological polar surface area (TPSA) is 78.5 Å². The van der Waals surface area contributed by atoms with Gasteiger partial charge in [0.25, 0.3) is 5.91 Å². The summed E-state index contributed by atoms with van der Waals surface area (Å²) in [6, 6.07) is 7.01. The zero-order valence-corrected chi connectivity index (χ0v) is 14.2. The summed E-state index contributed by atoms with van der Waals surface area (Å²) < 4.78 is 0. The Morgan fingerprint density at radius 2 is 1.68 bits per heavy atom. The maximum atomic E-state index is 12.6. The molecule has 1 heterocycles. The van der Waals surface area contributed by atoms with Crippen LogP contribution in [0.4, 0.5) is 5.69 Å². The average Bonchev–Trinajstić information content (AvgIpc) is 3.47. The van der Waals surface area contributed by atoms with E-state index in [9.17, 15) is 14.4 Å². The smallest absolute Gasteiger partial charge is 0.253 e. The Morgan fingerprint density at radius 3 is 2.24 bits per heavy atom. The van der Waals surface area contributed by atoms with Crippen LogP contribution in [0.5, 0.6) is 0 Å². The highest BCUT2D eigenvalue weighted by molar-refractivity contribution is 5.99. The number of likely N-dealkylation sites (tertiary alicyclic amines) is 1. The molecule has 3 rings (SSSR count). The van der Waals surface area contributed by atoms with Crippen molar-refractivity contribution >= 4 is 23.4 Å². The molecule has 1 saturated heterocycles. The number of piperidine rings is 1. The van der Waals surface area contributed by atoms with Crippen LogP contribution in [0.2, 0.25) is 0 Å². The lowest BCUT2D eigenvalue weighted by atomic mass is 10.0. The third kappa shape index (κ3) is 4.47. The summed E-state index contributed by atoms with van der Waals surface area (Å²) in [5.74, 6) is 0.0876. The monoisotopic (exact) mass is 341 g/mol. The minimum Gasteiger partial charge on any atom is -0.353 e. The first-order chi connectivity index (χ1) is 12.1. The van der Waals surface area contributed by atoms with Gasteiger partial charge < -0.3 is 15.5 Å². The zero-order chi connectivity index (χ0) is 17.8. The van der Waals surface area contributed by atoms with Crippen molar-refractivity contribution in [3.8, 4) is 0 Å². The molecule has 1 aliphatic carbocycles. The Balaban J connectivity index is 1.50. The lowest BCUT2D eigenvalue weighted by Gasteiger charge is -2.32. The minimum atomic E-state index is -0.283. The summed E-state index contributed by atoms with van der Waals surface area (Å²) in [4.78, 5) is 37.5. The summed E-state index contributed by atoms with van der Waals surface area (Å²) in [5, 5.41) is 5.74. The fraction of sp³-hybridized carbons (Fsp3) is 0.421. The first-order valence-electron chi connectivity index (χ1n) is 8.70. The van der Waals surface area contributed by atoms with Crippen molar-refractivity contribution in [3.05, 3.63) is 42.5 Å². The number of rotatable bonds is 5. The number of nitrogens with one attached hydrogen (secondary N) is 2. The van der Waals surface area contributed by atoms with E-state index in [4.69, 9.17) is 0 Å². The molecule has 0 bridgehead atoms. The van der Waals surface area contributed by atoms with E-state index in [-0.39, 0.29) is 29.7 Å². The van der Waals surface area contributed by atoms with Gasteiger partial charge in [0.1, 0.15) is 0 Å². The van der Waals surface area contributed by atoms with Gasteiger partial charge in [0.2, 0.25) is 11.8 Å². The second kappa shape index (κ2) is 7.51. The number of amides is 3. The van der Waals surface area contributed by atoms with Crippen LogP contribution >= 0.6 is 0 Å². The quantitative estimate of drug-likeness (QED) is 0.804. The van der Waals surface area contributed by atoms with Crippen LogP contribution in [0, 0.1) is 5.92 Å². The molecule has 6 nitrogen and oxygen atoms in total. The molecule has 0 radical (unpaired) electrons. The normalized spacial score (nSPS) is 17.7. The molecule has 2 fully saturated rings. The lowest BCUT2D eigenvalue weighted by molar-refractivity contribution is -0.123. The van der Waals surface area contributed by atoms with E-state index in [1.807, 2.05) is 4.90 Å². The van der Waals surface area contributed by atoms with Crippen LogP contribution in [0.3, 0.4) is 0 Å². The molecule has 1 aromatic rings. The van der Waals surface area contributed by atoms with Crippen molar-refractivity contribution in [2.75, 3.05) is 18.4 Å². The SMILES string of the molecule is C=CC(=O)Nc1ccc(C(=O)N2CCC(NC(=O)C3CC3)CC2)cc1. The van der Waals surface area contributed by atoms with E-state index in [0.717, 1.165) is 25.7 Å². The van der Waals surface area contributed by atoms with E-state index in [2.05, 4.69) is 17.2 Å². The molecule has 3 amide bonds. The highest BCUT2D eigenvalue weighted by Crippen LogP contribution is 2.29. The number of nitrogens with zero attached hydrogens (tertiary/aromatic N) is 1. The van der Waals surface area contributed by atoms with Crippen LogP contribution in [-0.2, 0) is 9.59 Å². The van der Waals surface area contributed by atoms with E-state index in [0.29, 0.717) is 24.3 Å². The Labute approximate surface area is 147 Å². The minimum absolute atomic E-state index is 0.0198. The first kappa shape index (κ1) is 17.2. The van der Waals surface area contributed by atoms with Gasteiger partial charge in [-0.05, 0) is 56.0 Å². The van der Waals surface area contributed by atoms with E-state index in [1.54, 1.807) is 24.3 Å². The summed E-state index contributed by atoms with van der Waals surface area (Å²) in [6.45, 7) is 4.69. The predicted molar refractivity (Wildman–Crippen MR) is 95.1 cm³/mol. The molecule has 1 aromatic carbocycles. The Bertz CT molecular complexity index is 672. The van der Waals surface area contributed by atoms with Crippen molar-refractivity contribution in [1.29, 1.82) is 0 Å². The molecule has 2 N–H and O–H groups in total. The molecule has 1 aliphatic heterocycles. The highest BCUT2D eigenvalue weighted by Gasteiger charge is 2.32. The molecular formula is C19H23N3O3. The number of hydrogen-bond donors (Lipinski definition) is 2. The zero-order valence-electron chi connectivity index (χ0n) is 14.2. The number of anilines is 1. The molecule has 0 spiro atoms. The van der Waals surface area contributed by atoms with Crippen LogP contribution in [0.25, 0.3) is 0 Å². The molecule has 6 heteroatoms. The molecule has 1 saturated carbocycles. The fourth-order valence-corrected chi connectivity index (χ4v) is 2.96. The summed E-state index contributed by atoms with van der Waals surface area (Å²) >= 11 is 0. The van der Waals surface area contributed by atoms with Gasteiger partial charge in [0.05, 0.1) is 0 Å². The largest absolute Gasteiger partial charge is 0.353 e. The maximum Gasteiger partial charge on any atom is 0.253 e. The van der Waals surface area contributed by atoms with Gasteiger partial charge in [-0.1, -0.05) is 6.58 Å². The van der Waals surface area contributed by atoms with Crippen molar-refractivity contribution < 1.29 is 14.4 Å². The third-order valence-electron chi connectivity index (χ3n) is 4.66. The molecule has 0 aromatic heterocycles. The standard InChI is InChI=1S/C19H23N3O3/c1-2-17(23)20-15-7-5-14(6-8-15)19(25)22-11-9-16(10-12-22)21-18(24)13-3-4-13/h2,5-8,13,16H,1,3-4,9-12H2,(H,20,23)(H,21,24). The van der Waals surface area contributed by atoms with E-state index in [1.165, 1.54) is 6.08 Å². The predicted octanol–water partition coefficient (Wildman–Crippen LogP) is 1.94. The van der Waals surface area contributed by atoms with Crippen molar-refractivity contribution in [2.24, 2.45) is 5.92 Å². The van der Waals surface area contributed by atoms with Gasteiger partial charge in [0, 0.05) is 36.3 Å². The van der Waals surface area contributed by atoms with E-state index >= 15 is 0 Å². The number of benzene rings is 1. The highest BCUT2D eigenvalue weighted by atomic mass is 16.2. The van der Waals surface area contributed by atoms with Gasteiger partial charge in [-0.2, -0.15) is 0 Å². The van der Waals surface area contributed by atoms with Gasteiger partial charge in [0.15, 0.2) is 0 Å². The molecule has 2 aliphatic rings. The molecular weight excluding hydrogens is 318 g/mol. The van der Waals surface area contributed by atoms with Gasteiger partial charge >= 0.3 is 0 Å². The molecule has 132 valence electrons. The molecule has 0 unspecified atom stereocenters. The second-order valence-corrected chi connectivity index (χ2v) is 6.62. The molecule has 25 heavy (non-hydrogen) atoms. The lowest BCUT2D eigenvalue weighted by Crippen LogP contribution is -2.46. The number of hydrogen-bond acceptors (Lipinski definition) is 3. The van der Waals surface area contributed by atoms with E-state index < -0.39 is 0 Å². The van der Waals surface area contributed by atoms with Crippen LogP contribution < -0.4 is 10.6 Å².